The van der Waals surface area contributed by atoms with Crippen molar-refractivity contribution >= 4 is 21.4 Å². The molecule has 2 aromatic rings. The molecule has 0 aliphatic heterocycles. The predicted molar refractivity (Wildman–Crippen MR) is 69.0 cm³/mol. The third kappa shape index (κ3) is 1.57. The van der Waals surface area contributed by atoms with E-state index in [1.54, 1.807) is 4.88 Å². The van der Waals surface area contributed by atoms with E-state index in [0.29, 0.717) is 0 Å². The summed E-state index contributed by atoms with van der Waals surface area (Å²) in [6, 6.07) is 6.30. The maximum absolute atomic E-state index is 9.43. The number of rotatable bonds is 1. The molecular formula is C14H16OS. The molecule has 0 amide bonds. The van der Waals surface area contributed by atoms with Crippen molar-refractivity contribution in [1.82, 2.24) is 0 Å². The normalized spacial score (nSPS) is 16.1. The summed E-state index contributed by atoms with van der Waals surface area (Å²) in [5.74, 6) is 0. The molecule has 0 unspecified atom stereocenters. The SMILES string of the molecule is OCc1cccc2sc3c(c12)CCCCC3. The molecule has 0 spiro atoms. The second-order valence-electron chi connectivity index (χ2n) is 4.51. The van der Waals surface area contributed by atoms with Gasteiger partial charge in [-0.15, -0.1) is 11.3 Å². The smallest absolute Gasteiger partial charge is 0.0688 e. The monoisotopic (exact) mass is 232 g/mol. The third-order valence-corrected chi connectivity index (χ3v) is 4.74. The van der Waals surface area contributed by atoms with E-state index < -0.39 is 0 Å². The van der Waals surface area contributed by atoms with E-state index in [2.05, 4.69) is 18.2 Å². The van der Waals surface area contributed by atoms with Crippen LogP contribution in [0.4, 0.5) is 0 Å². The second kappa shape index (κ2) is 4.19. The standard InChI is InChI=1S/C14H16OS/c15-9-10-5-4-8-13-14(10)11-6-2-1-3-7-12(11)16-13/h4-5,8,15H,1-3,6-7,9H2. The lowest BCUT2D eigenvalue weighted by atomic mass is 10.0. The van der Waals surface area contributed by atoms with Crippen LogP contribution in [0.3, 0.4) is 0 Å². The van der Waals surface area contributed by atoms with E-state index in [1.807, 2.05) is 11.3 Å². The van der Waals surface area contributed by atoms with Crippen molar-refractivity contribution in [3.63, 3.8) is 0 Å². The van der Waals surface area contributed by atoms with Gasteiger partial charge in [0.05, 0.1) is 6.61 Å². The first-order valence-corrected chi connectivity index (χ1v) is 6.85. The first kappa shape index (κ1) is 10.3. The summed E-state index contributed by atoms with van der Waals surface area (Å²) in [6.45, 7) is 0.167. The average Bonchev–Trinajstić information content (AvgIpc) is 2.52. The number of thiophene rings is 1. The lowest BCUT2D eigenvalue weighted by Gasteiger charge is -2.03. The minimum atomic E-state index is 0.167. The molecule has 0 bridgehead atoms. The highest BCUT2D eigenvalue weighted by Gasteiger charge is 2.16. The summed E-state index contributed by atoms with van der Waals surface area (Å²) in [7, 11) is 0. The Morgan fingerprint density at radius 1 is 1.12 bits per heavy atom. The number of hydrogen-bond donors (Lipinski definition) is 1. The van der Waals surface area contributed by atoms with Crippen molar-refractivity contribution in [3.8, 4) is 0 Å². The Morgan fingerprint density at radius 2 is 2.00 bits per heavy atom. The van der Waals surface area contributed by atoms with Crippen LogP contribution in [0.2, 0.25) is 0 Å². The lowest BCUT2D eigenvalue weighted by molar-refractivity contribution is 0.283. The fourth-order valence-electron chi connectivity index (χ4n) is 2.70. The highest BCUT2D eigenvalue weighted by molar-refractivity contribution is 7.19. The van der Waals surface area contributed by atoms with Gasteiger partial charge in [0.1, 0.15) is 0 Å². The Kier molecular flexibility index (Phi) is 2.70. The molecular weight excluding hydrogens is 216 g/mol. The first-order valence-electron chi connectivity index (χ1n) is 6.03. The molecule has 0 fully saturated rings. The topological polar surface area (TPSA) is 20.2 Å². The predicted octanol–water partition coefficient (Wildman–Crippen LogP) is 3.66. The van der Waals surface area contributed by atoms with E-state index in [-0.39, 0.29) is 6.61 Å². The van der Waals surface area contributed by atoms with Crippen LogP contribution >= 0.6 is 11.3 Å². The van der Waals surface area contributed by atoms with Gasteiger partial charge in [0.15, 0.2) is 0 Å². The zero-order valence-electron chi connectivity index (χ0n) is 9.33. The Labute approximate surface area is 99.7 Å². The van der Waals surface area contributed by atoms with Gasteiger partial charge in [0.25, 0.3) is 0 Å². The molecule has 84 valence electrons. The van der Waals surface area contributed by atoms with E-state index in [1.165, 1.54) is 47.8 Å². The highest BCUT2D eigenvalue weighted by atomic mass is 32.1. The summed E-state index contributed by atoms with van der Waals surface area (Å²) in [5.41, 5.74) is 2.64. The molecule has 1 aliphatic carbocycles. The molecule has 2 heteroatoms. The van der Waals surface area contributed by atoms with E-state index in [9.17, 15) is 5.11 Å². The van der Waals surface area contributed by atoms with Crippen molar-refractivity contribution in [2.45, 2.75) is 38.7 Å². The van der Waals surface area contributed by atoms with Crippen LogP contribution in [0.25, 0.3) is 10.1 Å². The van der Waals surface area contributed by atoms with Crippen LogP contribution < -0.4 is 0 Å². The summed E-state index contributed by atoms with van der Waals surface area (Å²) in [5, 5.41) is 10.8. The van der Waals surface area contributed by atoms with E-state index in [0.717, 1.165) is 5.56 Å². The lowest BCUT2D eigenvalue weighted by Crippen LogP contribution is -1.89. The molecule has 1 aromatic heterocycles. The fourth-order valence-corrected chi connectivity index (χ4v) is 4.04. The summed E-state index contributed by atoms with van der Waals surface area (Å²) in [4.78, 5) is 1.56. The van der Waals surface area contributed by atoms with Gasteiger partial charge in [-0.05, 0) is 42.9 Å². The second-order valence-corrected chi connectivity index (χ2v) is 5.65. The quantitative estimate of drug-likeness (QED) is 0.744. The zero-order chi connectivity index (χ0) is 11.0. The molecule has 3 rings (SSSR count). The van der Waals surface area contributed by atoms with Crippen LogP contribution in [0.1, 0.15) is 35.3 Å². The van der Waals surface area contributed by atoms with Crippen LogP contribution in [-0.2, 0) is 19.4 Å². The maximum Gasteiger partial charge on any atom is 0.0688 e. The molecule has 16 heavy (non-hydrogen) atoms. The van der Waals surface area contributed by atoms with Crippen molar-refractivity contribution < 1.29 is 5.11 Å². The van der Waals surface area contributed by atoms with Gasteiger partial charge in [0, 0.05) is 15.0 Å². The van der Waals surface area contributed by atoms with Crippen LogP contribution in [-0.4, -0.2) is 5.11 Å². The summed E-state index contributed by atoms with van der Waals surface area (Å²) >= 11 is 1.93. The van der Waals surface area contributed by atoms with Gasteiger partial charge < -0.3 is 5.11 Å². The minimum absolute atomic E-state index is 0.167. The third-order valence-electron chi connectivity index (χ3n) is 3.49. The maximum atomic E-state index is 9.43. The van der Waals surface area contributed by atoms with Crippen LogP contribution in [0, 0.1) is 0 Å². The largest absolute Gasteiger partial charge is 0.392 e. The Morgan fingerprint density at radius 3 is 2.88 bits per heavy atom. The van der Waals surface area contributed by atoms with Crippen molar-refractivity contribution in [2.24, 2.45) is 0 Å². The molecule has 1 N–H and O–H groups in total. The van der Waals surface area contributed by atoms with Crippen LogP contribution in [0.5, 0.6) is 0 Å². The van der Waals surface area contributed by atoms with Gasteiger partial charge in [-0.25, -0.2) is 0 Å². The molecule has 0 saturated carbocycles. The van der Waals surface area contributed by atoms with Gasteiger partial charge in [-0.3, -0.25) is 0 Å². The molecule has 1 nitrogen and oxygen atoms in total. The van der Waals surface area contributed by atoms with Crippen molar-refractivity contribution in [1.29, 1.82) is 0 Å². The molecule has 0 atom stereocenters. The van der Waals surface area contributed by atoms with Gasteiger partial charge >= 0.3 is 0 Å². The minimum Gasteiger partial charge on any atom is -0.392 e. The molecule has 1 heterocycles. The van der Waals surface area contributed by atoms with Crippen LogP contribution in [0.15, 0.2) is 18.2 Å². The van der Waals surface area contributed by atoms with E-state index in [4.69, 9.17) is 0 Å². The summed E-state index contributed by atoms with van der Waals surface area (Å²) in [6.07, 6.45) is 6.42. The summed E-state index contributed by atoms with van der Waals surface area (Å²) < 4.78 is 1.36. The van der Waals surface area contributed by atoms with Crippen molar-refractivity contribution in [2.75, 3.05) is 0 Å². The molecule has 0 saturated heterocycles. The van der Waals surface area contributed by atoms with Gasteiger partial charge in [-0.2, -0.15) is 0 Å². The highest BCUT2D eigenvalue weighted by Crippen LogP contribution is 2.37. The zero-order valence-corrected chi connectivity index (χ0v) is 10.1. The Balaban J connectivity index is 2.27. The number of aliphatic hydroxyl groups excluding tert-OH is 1. The average molecular weight is 232 g/mol. The number of fused-ring (bicyclic) bond motifs is 3. The van der Waals surface area contributed by atoms with Gasteiger partial charge in [0.2, 0.25) is 0 Å². The number of aliphatic hydroxyl groups is 1. The number of hydrogen-bond acceptors (Lipinski definition) is 2. The van der Waals surface area contributed by atoms with Gasteiger partial charge in [-0.1, -0.05) is 18.6 Å². The Hall–Kier alpha value is -0.860. The molecule has 1 aromatic carbocycles. The molecule has 0 radical (unpaired) electrons. The number of aryl methyl sites for hydroxylation is 2. The number of benzene rings is 1. The molecule has 1 aliphatic rings. The van der Waals surface area contributed by atoms with E-state index >= 15 is 0 Å². The Bertz CT molecular complexity index is 513. The van der Waals surface area contributed by atoms with Crippen molar-refractivity contribution in [3.05, 3.63) is 34.2 Å². The first-order chi connectivity index (χ1) is 7.90. The fraction of sp³-hybridized carbons (Fsp3) is 0.429.